The maximum atomic E-state index is 12.3. The van der Waals surface area contributed by atoms with E-state index in [1.165, 1.54) is 43.5 Å². The topological polar surface area (TPSA) is 169 Å². The molecule has 12 nitrogen and oxygen atoms in total. The molecule has 0 saturated carbocycles. The molecule has 0 unspecified atom stereocenters. The SMILES string of the molecule is COc1cc([N+](=O)[O-])ccc1NC(=O)CNc1cc([N+](=O)[O-])ccc1NCCO. The van der Waals surface area contributed by atoms with Crippen molar-refractivity contribution in [2.75, 3.05) is 42.8 Å². The van der Waals surface area contributed by atoms with Gasteiger partial charge in [0.2, 0.25) is 5.91 Å². The minimum absolute atomic E-state index is 0.119. The summed E-state index contributed by atoms with van der Waals surface area (Å²) < 4.78 is 5.06. The first-order valence-corrected chi connectivity index (χ1v) is 8.35. The Bertz CT molecular complexity index is 919. The number of rotatable bonds is 10. The fourth-order valence-corrected chi connectivity index (χ4v) is 2.40. The number of aliphatic hydroxyl groups is 1. The summed E-state index contributed by atoms with van der Waals surface area (Å²) in [5.74, 6) is -0.384. The normalized spacial score (nSPS) is 10.1. The van der Waals surface area contributed by atoms with Gasteiger partial charge in [-0.2, -0.15) is 0 Å². The smallest absolute Gasteiger partial charge is 0.273 e. The zero-order valence-corrected chi connectivity index (χ0v) is 15.4. The highest BCUT2D eigenvalue weighted by molar-refractivity contribution is 5.95. The second-order valence-electron chi connectivity index (χ2n) is 5.68. The first-order valence-electron chi connectivity index (χ1n) is 8.35. The number of nitrogens with zero attached hydrogens (tertiary/aromatic N) is 2. The average Bonchev–Trinajstić information content (AvgIpc) is 2.70. The summed E-state index contributed by atoms with van der Waals surface area (Å²) in [5.41, 5.74) is 0.667. The van der Waals surface area contributed by atoms with Gasteiger partial charge in [-0.15, -0.1) is 0 Å². The molecule has 0 aliphatic heterocycles. The summed E-state index contributed by atoms with van der Waals surface area (Å²) in [6.07, 6.45) is 0. The van der Waals surface area contributed by atoms with E-state index in [1.807, 2.05) is 0 Å². The fraction of sp³-hybridized carbons (Fsp3) is 0.235. The van der Waals surface area contributed by atoms with E-state index in [-0.39, 0.29) is 42.5 Å². The van der Waals surface area contributed by atoms with Crippen molar-refractivity contribution in [1.29, 1.82) is 0 Å². The first-order chi connectivity index (χ1) is 13.8. The van der Waals surface area contributed by atoms with Gasteiger partial charge in [0.25, 0.3) is 11.4 Å². The minimum Gasteiger partial charge on any atom is -0.494 e. The molecule has 154 valence electrons. The Labute approximate surface area is 164 Å². The van der Waals surface area contributed by atoms with Crippen LogP contribution in [-0.4, -0.2) is 47.7 Å². The van der Waals surface area contributed by atoms with E-state index >= 15 is 0 Å². The van der Waals surface area contributed by atoms with E-state index in [1.54, 1.807) is 0 Å². The van der Waals surface area contributed by atoms with Crippen molar-refractivity contribution in [3.05, 3.63) is 56.6 Å². The highest BCUT2D eigenvalue weighted by atomic mass is 16.6. The molecule has 12 heteroatoms. The lowest BCUT2D eigenvalue weighted by Gasteiger charge is -2.14. The Balaban J connectivity index is 2.11. The van der Waals surface area contributed by atoms with Crippen LogP contribution in [0.2, 0.25) is 0 Å². The van der Waals surface area contributed by atoms with Gasteiger partial charge in [0.15, 0.2) is 0 Å². The van der Waals surface area contributed by atoms with Crippen molar-refractivity contribution in [2.24, 2.45) is 0 Å². The summed E-state index contributed by atoms with van der Waals surface area (Å²) in [7, 11) is 1.31. The van der Waals surface area contributed by atoms with E-state index in [9.17, 15) is 25.0 Å². The van der Waals surface area contributed by atoms with Crippen LogP contribution in [0, 0.1) is 20.2 Å². The molecule has 0 heterocycles. The zero-order valence-electron chi connectivity index (χ0n) is 15.4. The molecule has 0 atom stereocenters. The number of carbonyl (C=O) groups excluding carboxylic acids is 1. The van der Waals surface area contributed by atoms with Crippen molar-refractivity contribution in [3.8, 4) is 5.75 Å². The largest absolute Gasteiger partial charge is 0.494 e. The van der Waals surface area contributed by atoms with Crippen molar-refractivity contribution in [3.63, 3.8) is 0 Å². The van der Waals surface area contributed by atoms with Gasteiger partial charge in [-0.3, -0.25) is 25.0 Å². The molecule has 4 N–H and O–H groups in total. The third-order valence-corrected chi connectivity index (χ3v) is 3.75. The fourth-order valence-electron chi connectivity index (χ4n) is 2.40. The Morgan fingerprint density at radius 2 is 1.62 bits per heavy atom. The first kappa shape index (κ1) is 21.4. The van der Waals surface area contributed by atoms with E-state index in [0.717, 1.165) is 0 Å². The lowest BCUT2D eigenvalue weighted by molar-refractivity contribution is -0.385. The number of hydrogen-bond acceptors (Lipinski definition) is 9. The van der Waals surface area contributed by atoms with Crippen LogP contribution in [0.4, 0.5) is 28.4 Å². The van der Waals surface area contributed by atoms with Gasteiger partial charge in [0.1, 0.15) is 5.75 Å². The minimum atomic E-state index is -0.584. The van der Waals surface area contributed by atoms with Crippen molar-refractivity contribution < 1.29 is 24.5 Å². The van der Waals surface area contributed by atoms with E-state index in [4.69, 9.17) is 9.84 Å². The van der Waals surface area contributed by atoms with Gasteiger partial charge in [-0.25, -0.2) is 0 Å². The number of aliphatic hydroxyl groups excluding tert-OH is 1. The quantitative estimate of drug-likeness (QED) is 0.341. The zero-order chi connectivity index (χ0) is 21.4. The number of methoxy groups -OCH3 is 1. The number of anilines is 3. The van der Waals surface area contributed by atoms with Gasteiger partial charge in [-0.05, 0) is 12.1 Å². The summed E-state index contributed by atoms with van der Waals surface area (Å²) in [6, 6.07) is 7.78. The van der Waals surface area contributed by atoms with E-state index in [0.29, 0.717) is 11.4 Å². The van der Waals surface area contributed by atoms with Crippen LogP contribution in [0.25, 0.3) is 0 Å². The molecular formula is C17H19N5O7. The maximum Gasteiger partial charge on any atom is 0.273 e. The molecule has 29 heavy (non-hydrogen) atoms. The second kappa shape index (κ2) is 9.85. The van der Waals surface area contributed by atoms with E-state index < -0.39 is 15.8 Å². The monoisotopic (exact) mass is 405 g/mol. The molecule has 2 aromatic rings. The molecule has 0 bridgehead atoms. The average molecular weight is 405 g/mol. The van der Waals surface area contributed by atoms with Gasteiger partial charge >= 0.3 is 0 Å². The molecule has 1 amide bonds. The number of ether oxygens (including phenoxy) is 1. The lowest BCUT2D eigenvalue weighted by Crippen LogP contribution is -2.22. The van der Waals surface area contributed by atoms with Gasteiger partial charge in [-0.1, -0.05) is 0 Å². The maximum absolute atomic E-state index is 12.3. The number of carbonyl (C=O) groups is 1. The number of benzene rings is 2. The van der Waals surface area contributed by atoms with Gasteiger partial charge < -0.3 is 25.8 Å². The summed E-state index contributed by atoms with van der Waals surface area (Å²) in [5, 5.41) is 39.0. The third kappa shape index (κ3) is 5.77. The molecule has 0 spiro atoms. The number of hydrogen-bond donors (Lipinski definition) is 4. The summed E-state index contributed by atoms with van der Waals surface area (Å²) >= 11 is 0. The van der Waals surface area contributed by atoms with Gasteiger partial charge in [0.05, 0.1) is 53.2 Å². The van der Waals surface area contributed by atoms with Crippen molar-refractivity contribution in [2.45, 2.75) is 0 Å². The number of non-ortho nitro benzene ring substituents is 2. The van der Waals surface area contributed by atoms with Crippen LogP contribution < -0.4 is 20.7 Å². The Morgan fingerprint density at radius 3 is 2.21 bits per heavy atom. The Morgan fingerprint density at radius 1 is 1.00 bits per heavy atom. The molecule has 2 rings (SSSR count). The standard InChI is InChI=1S/C17H19N5O7/c1-29-16-9-12(22(27)28)3-5-14(16)20-17(24)10-19-15-8-11(21(25)26)2-4-13(15)18-6-7-23/h2-5,8-9,18-19,23H,6-7,10H2,1H3,(H,20,24). The van der Waals surface area contributed by atoms with Crippen molar-refractivity contribution in [1.82, 2.24) is 0 Å². The van der Waals surface area contributed by atoms with E-state index in [2.05, 4.69) is 16.0 Å². The number of nitrogens with one attached hydrogen (secondary N) is 3. The second-order valence-corrected chi connectivity index (χ2v) is 5.68. The molecule has 0 aliphatic rings. The molecule has 0 saturated heterocycles. The number of nitro groups is 2. The van der Waals surface area contributed by atoms with Crippen LogP contribution in [0.3, 0.4) is 0 Å². The summed E-state index contributed by atoms with van der Waals surface area (Å²) in [4.78, 5) is 32.9. The molecular weight excluding hydrogens is 386 g/mol. The highest BCUT2D eigenvalue weighted by Gasteiger charge is 2.15. The van der Waals surface area contributed by atoms with Crippen LogP contribution in [0.1, 0.15) is 0 Å². The molecule has 0 aliphatic carbocycles. The van der Waals surface area contributed by atoms with Gasteiger partial charge in [0, 0.05) is 24.7 Å². The number of amides is 1. The number of nitro benzene ring substituents is 2. The molecule has 0 radical (unpaired) electrons. The molecule has 0 aromatic heterocycles. The van der Waals surface area contributed by atoms with Crippen molar-refractivity contribution >= 4 is 34.3 Å². The van der Waals surface area contributed by atoms with Crippen LogP contribution >= 0.6 is 0 Å². The Kier molecular flexibility index (Phi) is 7.26. The van der Waals surface area contributed by atoms with Crippen LogP contribution in [0.5, 0.6) is 5.75 Å². The molecule has 2 aromatic carbocycles. The summed E-state index contributed by atoms with van der Waals surface area (Å²) in [6.45, 7) is -0.162. The van der Waals surface area contributed by atoms with Crippen LogP contribution in [0.15, 0.2) is 36.4 Å². The van der Waals surface area contributed by atoms with Crippen LogP contribution in [-0.2, 0) is 4.79 Å². The predicted octanol–water partition coefficient (Wildman–Crippen LogP) is 1.97. The third-order valence-electron chi connectivity index (χ3n) is 3.75. The molecule has 0 fully saturated rings. The highest BCUT2D eigenvalue weighted by Crippen LogP contribution is 2.29. The lowest BCUT2D eigenvalue weighted by atomic mass is 10.2. The predicted molar refractivity (Wildman–Crippen MR) is 105 cm³/mol. The Hall–Kier alpha value is -3.93.